The van der Waals surface area contributed by atoms with Gasteiger partial charge in [-0.15, -0.1) is 0 Å². The van der Waals surface area contributed by atoms with E-state index in [2.05, 4.69) is 10.00 Å². The van der Waals surface area contributed by atoms with Crippen molar-refractivity contribution in [3.05, 3.63) is 18.0 Å². The summed E-state index contributed by atoms with van der Waals surface area (Å²) in [5, 5.41) is 4.40. The molecule has 1 fully saturated rings. The molecule has 6 nitrogen and oxygen atoms in total. The van der Waals surface area contributed by atoms with Crippen LogP contribution in [0, 0.1) is 0 Å². The van der Waals surface area contributed by atoms with Gasteiger partial charge >= 0.3 is 0 Å². The second-order valence-corrected chi connectivity index (χ2v) is 8.21. The average molecular weight is 312 g/mol. The van der Waals surface area contributed by atoms with Gasteiger partial charge in [0.25, 0.3) is 0 Å². The fourth-order valence-corrected chi connectivity index (χ4v) is 4.39. The number of fused-ring (bicyclic) bond motifs is 1. The first-order valence-corrected chi connectivity index (χ1v) is 9.43. The van der Waals surface area contributed by atoms with E-state index >= 15 is 0 Å². The minimum absolute atomic E-state index is 0.158. The third-order valence-electron chi connectivity index (χ3n) is 4.59. The molecular weight excluding hydrogens is 288 g/mol. The summed E-state index contributed by atoms with van der Waals surface area (Å²) < 4.78 is 28.0. The predicted molar refractivity (Wildman–Crippen MR) is 81.4 cm³/mol. The van der Waals surface area contributed by atoms with Gasteiger partial charge in [0.2, 0.25) is 10.0 Å². The van der Waals surface area contributed by atoms with Crippen molar-refractivity contribution < 1.29 is 8.42 Å². The molecule has 7 heteroatoms. The van der Waals surface area contributed by atoms with Crippen molar-refractivity contribution in [2.24, 2.45) is 0 Å². The predicted octanol–water partition coefficient (Wildman–Crippen LogP) is 1.08. The Bertz CT molecular complexity index is 578. The Hall–Kier alpha value is -0.920. The Kier molecular flexibility index (Phi) is 4.33. The minimum atomic E-state index is -3.13. The zero-order valence-corrected chi connectivity index (χ0v) is 13.4. The van der Waals surface area contributed by atoms with Crippen LogP contribution in [0.4, 0.5) is 0 Å². The Balaban J connectivity index is 1.72. The largest absolute Gasteiger partial charge is 0.303 e. The fourth-order valence-electron chi connectivity index (χ4n) is 3.30. The highest BCUT2D eigenvalue weighted by molar-refractivity contribution is 7.89. The van der Waals surface area contributed by atoms with Crippen LogP contribution in [0.3, 0.4) is 0 Å². The molecule has 21 heavy (non-hydrogen) atoms. The summed E-state index contributed by atoms with van der Waals surface area (Å²) in [6.07, 6.45) is 5.31. The monoisotopic (exact) mass is 312 g/mol. The van der Waals surface area contributed by atoms with E-state index < -0.39 is 10.0 Å². The van der Waals surface area contributed by atoms with Gasteiger partial charge in [0.1, 0.15) is 0 Å². The van der Waals surface area contributed by atoms with Crippen molar-refractivity contribution in [2.45, 2.75) is 38.8 Å². The number of hydrogen-bond acceptors (Lipinski definition) is 4. The van der Waals surface area contributed by atoms with Crippen LogP contribution >= 0.6 is 0 Å². The van der Waals surface area contributed by atoms with Crippen LogP contribution in [0.2, 0.25) is 0 Å². The van der Waals surface area contributed by atoms with Gasteiger partial charge in [0.15, 0.2) is 0 Å². The van der Waals surface area contributed by atoms with E-state index in [4.69, 9.17) is 0 Å². The van der Waals surface area contributed by atoms with Gasteiger partial charge in [-0.2, -0.15) is 9.40 Å². The molecule has 1 aromatic rings. The molecule has 0 N–H and O–H groups in total. The molecule has 0 saturated carbocycles. The first kappa shape index (κ1) is 15.0. The summed E-state index contributed by atoms with van der Waals surface area (Å²) in [6, 6.07) is 2.09. The number of rotatable bonds is 5. The van der Waals surface area contributed by atoms with Crippen molar-refractivity contribution in [3.8, 4) is 0 Å². The maximum absolute atomic E-state index is 12.2. The molecule has 2 aliphatic heterocycles. The van der Waals surface area contributed by atoms with Crippen molar-refractivity contribution >= 4 is 10.0 Å². The number of aromatic nitrogens is 2. The highest BCUT2D eigenvalue weighted by atomic mass is 32.2. The summed E-state index contributed by atoms with van der Waals surface area (Å²) in [4.78, 5) is 2.47. The molecule has 0 radical (unpaired) electrons. The highest BCUT2D eigenvalue weighted by Crippen LogP contribution is 2.25. The first-order valence-electron chi connectivity index (χ1n) is 7.82. The van der Waals surface area contributed by atoms with Crippen LogP contribution in [0.25, 0.3) is 0 Å². The summed E-state index contributed by atoms with van der Waals surface area (Å²) in [6.45, 7) is 6.10. The lowest BCUT2D eigenvalue weighted by atomic mass is 10.1. The summed E-state index contributed by atoms with van der Waals surface area (Å²) in [5.41, 5.74) is 1.00. The molecule has 0 bridgehead atoms. The van der Waals surface area contributed by atoms with Crippen molar-refractivity contribution in [1.29, 1.82) is 0 Å². The zero-order valence-electron chi connectivity index (χ0n) is 12.6. The SMILES string of the molecule is CCS(=O)(=O)N1Cc2ccnn2[C@@H](CCN2CCCC2)C1. The van der Waals surface area contributed by atoms with Gasteiger partial charge < -0.3 is 4.90 Å². The molecule has 0 aromatic carbocycles. The van der Waals surface area contributed by atoms with Gasteiger partial charge in [-0.05, 0) is 45.3 Å². The van der Waals surface area contributed by atoms with E-state index in [9.17, 15) is 8.42 Å². The quantitative estimate of drug-likeness (QED) is 0.816. The second-order valence-electron chi connectivity index (χ2n) is 5.95. The molecule has 3 rings (SSSR count). The summed E-state index contributed by atoms with van der Waals surface area (Å²) in [7, 11) is -3.13. The van der Waals surface area contributed by atoms with Crippen molar-refractivity contribution in [1.82, 2.24) is 19.0 Å². The molecule has 118 valence electrons. The van der Waals surface area contributed by atoms with Crippen LogP contribution < -0.4 is 0 Å². The van der Waals surface area contributed by atoms with Crippen LogP contribution in [-0.2, 0) is 16.6 Å². The third kappa shape index (κ3) is 3.14. The molecule has 1 aromatic heterocycles. The Morgan fingerprint density at radius 2 is 2.10 bits per heavy atom. The zero-order chi connectivity index (χ0) is 14.9. The topological polar surface area (TPSA) is 58.4 Å². The van der Waals surface area contributed by atoms with E-state index in [0.717, 1.165) is 18.7 Å². The van der Waals surface area contributed by atoms with E-state index in [1.807, 2.05) is 10.7 Å². The summed E-state index contributed by atoms with van der Waals surface area (Å²) in [5.74, 6) is 0.167. The van der Waals surface area contributed by atoms with Gasteiger partial charge in [-0.25, -0.2) is 8.42 Å². The number of nitrogens with zero attached hydrogens (tertiary/aromatic N) is 4. The summed E-state index contributed by atoms with van der Waals surface area (Å²) >= 11 is 0. The van der Waals surface area contributed by atoms with E-state index in [-0.39, 0.29) is 11.8 Å². The van der Waals surface area contributed by atoms with Crippen LogP contribution in [0.5, 0.6) is 0 Å². The maximum Gasteiger partial charge on any atom is 0.214 e. The molecule has 0 aliphatic carbocycles. The lowest BCUT2D eigenvalue weighted by Crippen LogP contribution is -2.42. The van der Waals surface area contributed by atoms with Gasteiger partial charge in [-0.3, -0.25) is 4.68 Å². The standard InChI is InChI=1S/C14H24N4O2S/c1-2-21(19,20)17-11-13-5-7-15-18(13)14(12-17)6-10-16-8-3-4-9-16/h5,7,14H,2-4,6,8-12H2,1H3/t14-/m0/s1. The minimum Gasteiger partial charge on any atom is -0.303 e. The van der Waals surface area contributed by atoms with E-state index in [1.54, 1.807) is 17.4 Å². The molecular formula is C14H24N4O2S. The Morgan fingerprint density at radius 1 is 1.33 bits per heavy atom. The first-order chi connectivity index (χ1) is 10.1. The van der Waals surface area contributed by atoms with E-state index in [0.29, 0.717) is 13.1 Å². The molecule has 0 amide bonds. The molecule has 3 heterocycles. The molecule has 0 unspecified atom stereocenters. The number of hydrogen-bond donors (Lipinski definition) is 0. The van der Waals surface area contributed by atoms with Gasteiger partial charge in [-0.1, -0.05) is 0 Å². The number of likely N-dealkylation sites (tertiary alicyclic amines) is 1. The van der Waals surface area contributed by atoms with Crippen molar-refractivity contribution in [3.63, 3.8) is 0 Å². The van der Waals surface area contributed by atoms with Gasteiger partial charge in [0.05, 0.1) is 24.0 Å². The maximum atomic E-state index is 12.2. The van der Waals surface area contributed by atoms with Crippen LogP contribution in [0.1, 0.15) is 37.9 Å². The van der Waals surface area contributed by atoms with Crippen LogP contribution in [-0.4, -0.2) is 59.3 Å². The third-order valence-corrected chi connectivity index (χ3v) is 6.38. The van der Waals surface area contributed by atoms with Gasteiger partial charge in [0, 0.05) is 19.3 Å². The lowest BCUT2D eigenvalue weighted by Gasteiger charge is -2.33. The molecule has 2 aliphatic rings. The second kappa shape index (κ2) is 6.06. The van der Waals surface area contributed by atoms with E-state index in [1.165, 1.54) is 25.9 Å². The van der Waals surface area contributed by atoms with Crippen molar-refractivity contribution in [2.75, 3.05) is 31.9 Å². The normalized spacial score (nSPS) is 24.3. The van der Waals surface area contributed by atoms with Crippen LogP contribution in [0.15, 0.2) is 12.3 Å². The molecule has 0 spiro atoms. The number of sulfonamides is 1. The Morgan fingerprint density at radius 3 is 2.81 bits per heavy atom. The lowest BCUT2D eigenvalue weighted by molar-refractivity contribution is 0.226. The smallest absolute Gasteiger partial charge is 0.214 e. The fraction of sp³-hybridized carbons (Fsp3) is 0.786. The highest BCUT2D eigenvalue weighted by Gasteiger charge is 2.31. The Labute approximate surface area is 126 Å². The molecule has 1 atom stereocenters. The average Bonchev–Trinajstić information content (AvgIpc) is 3.15. The molecule has 1 saturated heterocycles.